The molecule has 15 heteroatoms. The molecule has 0 bridgehead atoms. The molecule has 0 saturated heterocycles. The zero-order chi connectivity index (χ0) is 22.7. The Kier molecular flexibility index (Phi) is 7.82. The van der Waals surface area contributed by atoms with Crippen LogP contribution in [0.3, 0.4) is 0 Å². The summed E-state index contributed by atoms with van der Waals surface area (Å²) in [5.74, 6) is 0. The van der Waals surface area contributed by atoms with Crippen molar-refractivity contribution < 1.29 is 21.7 Å². The maximum absolute atomic E-state index is 12.5. The Morgan fingerprint density at radius 1 is 1.23 bits per heavy atom. The van der Waals surface area contributed by atoms with Crippen LogP contribution in [-0.2, 0) is 25.1 Å². The zero-order valence-corrected chi connectivity index (χ0v) is 19.6. The highest BCUT2D eigenvalue weighted by molar-refractivity contribution is 7.89. The molecule has 11 nitrogen and oxygen atoms in total. The van der Waals surface area contributed by atoms with Crippen molar-refractivity contribution in [1.82, 2.24) is 23.2 Å². The number of nitrogens with one attached hydrogen (secondary N) is 1. The van der Waals surface area contributed by atoms with E-state index in [0.29, 0.717) is 14.7 Å². The molecule has 30 heavy (non-hydrogen) atoms. The lowest BCUT2D eigenvalue weighted by atomic mass is 10.1. The second-order valence-corrected chi connectivity index (χ2v) is 10.8. The lowest BCUT2D eigenvalue weighted by Gasteiger charge is -2.11. The van der Waals surface area contributed by atoms with E-state index in [4.69, 9.17) is 28.0 Å². The van der Waals surface area contributed by atoms with Gasteiger partial charge in [-0.05, 0) is 26.0 Å². The number of benzene rings is 1. The molecule has 2 rings (SSSR count). The summed E-state index contributed by atoms with van der Waals surface area (Å²) in [6.45, 7) is 3.20. The Balaban J connectivity index is 2.28. The van der Waals surface area contributed by atoms with Crippen LogP contribution in [0.1, 0.15) is 19.4 Å². The van der Waals surface area contributed by atoms with Crippen LogP contribution in [0.4, 0.5) is 0 Å². The third kappa shape index (κ3) is 5.89. The molecule has 166 valence electrons. The van der Waals surface area contributed by atoms with Gasteiger partial charge in [-0.1, -0.05) is 34.4 Å². The minimum atomic E-state index is -4.26. The first-order valence-corrected chi connectivity index (χ1v) is 12.0. The van der Waals surface area contributed by atoms with Gasteiger partial charge in [0, 0.05) is 19.7 Å². The molecule has 0 saturated carbocycles. The average Bonchev–Trinajstić information content (AvgIpc) is 3.16. The smallest absolute Gasteiger partial charge is 0.323 e. The fourth-order valence-electron chi connectivity index (χ4n) is 1.90. The summed E-state index contributed by atoms with van der Waals surface area (Å²) in [6.07, 6.45) is 0.535. The summed E-state index contributed by atoms with van der Waals surface area (Å²) in [5.41, 5.74) is 0.688. The van der Waals surface area contributed by atoms with Gasteiger partial charge in [0.05, 0.1) is 16.6 Å². The normalized spacial score (nSPS) is 13.3. The van der Waals surface area contributed by atoms with Crippen LogP contribution in [0.15, 0.2) is 34.8 Å². The Morgan fingerprint density at radius 3 is 2.47 bits per heavy atom. The number of rotatable bonds is 9. The van der Waals surface area contributed by atoms with Crippen molar-refractivity contribution in [2.24, 2.45) is 5.16 Å². The molecule has 2 aromatic rings. The van der Waals surface area contributed by atoms with Crippen LogP contribution in [0.2, 0.25) is 10.0 Å². The van der Waals surface area contributed by atoms with Crippen LogP contribution in [0.25, 0.3) is 0 Å². The fourth-order valence-corrected chi connectivity index (χ4v) is 3.76. The van der Waals surface area contributed by atoms with Gasteiger partial charge >= 0.3 is 10.2 Å². The monoisotopic (exact) mass is 498 g/mol. The number of sulfonamides is 1. The maximum atomic E-state index is 12.5. The van der Waals surface area contributed by atoms with Crippen LogP contribution in [-0.4, -0.2) is 67.8 Å². The SMILES string of the molecule is CC(C)O/N=C(\CNS(=O)(=O)c1ncn(S(=O)(=O)N(C)C)n1)c1ccc(Cl)c(Cl)c1. The van der Waals surface area contributed by atoms with Gasteiger partial charge in [-0.15, -0.1) is 9.19 Å². The van der Waals surface area contributed by atoms with Crippen LogP contribution >= 0.6 is 23.2 Å². The van der Waals surface area contributed by atoms with Crippen molar-refractivity contribution in [1.29, 1.82) is 0 Å². The van der Waals surface area contributed by atoms with E-state index in [1.807, 2.05) is 0 Å². The molecule has 0 aliphatic carbocycles. The molecule has 0 amide bonds. The van der Waals surface area contributed by atoms with E-state index >= 15 is 0 Å². The average molecular weight is 499 g/mol. The highest BCUT2D eigenvalue weighted by atomic mass is 35.5. The summed E-state index contributed by atoms with van der Waals surface area (Å²) in [5, 5.41) is 7.37. The standard InChI is InChI=1S/C15H20Cl2N6O5S2/c1-10(2)28-21-14(11-5-6-12(16)13(17)7-11)8-19-29(24,25)15-18-9-23(20-15)30(26,27)22(3)4/h5-7,9-10,19H,8H2,1-4H3/b21-14+. The van der Waals surface area contributed by atoms with Crippen LogP contribution < -0.4 is 4.72 Å². The first-order chi connectivity index (χ1) is 13.8. The molecule has 1 heterocycles. The molecule has 0 aliphatic heterocycles. The third-order valence-corrected chi connectivity index (χ3v) is 6.95. The minimum absolute atomic E-state index is 0.214. The van der Waals surface area contributed by atoms with Crippen molar-refractivity contribution in [3.05, 3.63) is 40.1 Å². The van der Waals surface area contributed by atoms with E-state index in [0.717, 1.165) is 10.6 Å². The summed E-state index contributed by atoms with van der Waals surface area (Å²) in [6, 6.07) is 4.65. The van der Waals surface area contributed by atoms with E-state index < -0.39 is 25.4 Å². The fraction of sp³-hybridized carbons (Fsp3) is 0.400. The number of nitrogens with zero attached hydrogens (tertiary/aromatic N) is 5. The maximum Gasteiger partial charge on any atom is 0.323 e. The minimum Gasteiger partial charge on any atom is -0.393 e. The largest absolute Gasteiger partial charge is 0.393 e. The number of hydrogen-bond acceptors (Lipinski definition) is 8. The van der Waals surface area contributed by atoms with Crippen molar-refractivity contribution in [3.8, 4) is 0 Å². The molecule has 1 aromatic heterocycles. The molecule has 1 aromatic carbocycles. The molecule has 0 aliphatic rings. The highest BCUT2D eigenvalue weighted by Crippen LogP contribution is 2.23. The molecule has 0 atom stereocenters. The summed E-state index contributed by atoms with van der Waals surface area (Å²) < 4.78 is 52.7. The number of aromatic nitrogens is 3. The van der Waals surface area contributed by atoms with Gasteiger partial charge in [0.2, 0.25) is 0 Å². The lowest BCUT2D eigenvalue weighted by Crippen LogP contribution is -2.32. The number of hydrogen-bond donors (Lipinski definition) is 1. The van der Waals surface area contributed by atoms with Gasteiger partial charge in [-0.2, -0.15) is 12.7 Å². The first kappa shape index (κ1) is 24.5. The van der Waals surface area contributed by atoms with Gasteiger partial charge in [0.1, 0.15) is 18.1 Å². The second-order valence-electron chi connectivity index (χ2n) is 6.34. The summed E-state index contributed by atoms with van der Waals surface area (Å²) in [4.78, 5) is 8.80. The highest BCUT2D eigenvalue weighted by Gasteiger charge is 2.25. The quantitative estimate of drug-likeness (QED) is 0.406. The van der Waals surface area contributed by atoms with Crippen molar-refractivity contribution >= 4 is 49.1 Å². The summed E-state index contributed by atoms with van der Waals surface area (Å²) >= 11 is 11.9. The molecule has 0 spiro atoms. The van der Waals surface area contributed by atoms with Crippen molar-refractivity contribution in [2.45, 2.75) is 25.1 Å². The molecule has 1 N–H and O–H groups in total. The Labute approximate surface area is 184 Å². The van der Waals surface area contributed by atoms with Crippen LogP contribution in [0.5, 0.6) is 0 Å². The Morgan fingerprint density at radius 2 is 1.90 bits per heavy atom. The predicted octanol–water partition coefficient (Wildman–Crippen LogP) is 1.35. The molecule has 0 fully saturated rings. The predicted molar refractivity (Wildman–Crippen MR) is 112 cm³/mol. The number of oxime groups is 1. The second kappa shape index (κ2) is 9.58. The molecular weight excluding hydrogens is 479 g/mol. The van der Waals surface area contributed by atoms with E-state index in [9.17, 15) is 16.8 Å². The first-order valence-electron chi connectivity index (χ1n) is 8.37. The molecular formula is C15H20Cl2N6O5S2. The van der Waals surface area contributed by atoms with Gasteiger partial charge in [0.25, 0.3) is 15.2 Å². The van der Waals surface area contributed by atoms with Gasteiger partial charge < -0.3 is 4.84 Å². The lowest BCUT2D eigenvalue weighted by molar-refractivity contribution is 0.0858. The Bertz CT molecular complexity index is 1150. The van der Waals surface area contributed by atoms with E-state index in [1.54, 1.807) is 19.9 Å². The molecule has 0 radical (unpaired) electrons. The van der Waals surface area contributed by atoms with E-state index in [1.165, 1.54) is 26.2 Å². The topological polar surface area (TPSA) is 136 Å². The third-order valence-electron chi connectivity index (χ3n) is 3.45. The summed E-state index contributed by atoms with van der Waals surface area (Å²) in [7, 11) is -5.71. The van der Waals surface area contributed by atoms with Crippen LogP contribution in [0, 0.1) is 0 Å². The van der Waals surface area contributed by atoms with Gasteiger partial charge in [-0.3, -0.25) is 0 Å². The van der Waals surface area contributed by atoms with E-state index in [-0.39, 0.29) is 23.4 Å². The van der Waals surface area contributed by atoms with Crippen molar-refractivity contribution in [2.75, 3.05) is 20.6 Å². The van der Waals surface area contributed by atoms with Gasteiger partial charge in [-0.25, -0.2) is 18.1 Å². The van der Waals surface area contributed by atoms with Crippen molar-refractivity contribution in [3.63, 3.8) is 0 Å². The van der Waals surface area contributed by atoms with E-state index in [2.05, 4.69) is 20.0 Å². The Hall–Kier alpha value is -1.77. The molecule has 0 unspecified atom stereocenters. The van der Waals surface area contributed by atoms with Gasteiger partial charge in [0.15, 0.2) is 0 Å². The number of halogens is 2. The zero-order valence-electron chi connectivity index (χ0n) is 16.4.